The molecular weight excluding hydrogens is 256 g/mol. The van der Waals surface area contributed by atoms with Gasteiger partial charge in [0.1, 0.15) is 0 Å². The van der Waals surface area contributed by atoms with Crippen LogP contribution in [0.4, 0.5) is 0 Å². The van der Waals surface area contributed by atoms with E-state index in [4.69, 9.17) is 9.84 Å². The van der Waals surface area contributed by atoms with Crippen LogP contribution in [0.1, 0.15) is 28.0 Å². The molecule has 2 aromatic rings. The van der Waals surface area contributed by atoms with Crippen molar-refractivity contribution in [2.75, 3.05) is 6.61 Å². The van der Waals surface area contributed by atoms with Crippen molar-refractivity contribution in [3.63, 3.8) is 0 Å². The predicted octanol–water partition coefficient (Wildman–Crippen LogP) is 2.49. The maximum atomic E-state index is 10.9. The summed E-state index contributed by atoms with van der Waals surface area (Å²) in [6.07, 6.45) is 5.25. The summed E-state index contributed by atoms with van der Waals surface area (Å²) in [6.45, 7) is 2.24. The normalized spacial score (nSPS) is 10.2. The van der Waals surface area contributed by atoms with Crippen molar-refractivity contribution < 1.29 is 14.6 Å². The van der Waals surface area contributed by atoms with Crippen molar-refractivity contribution in [2.24, 2.45) is 0 Å². The maximum Gasteiger partial charge on any atom is 0.335 e. The number of aromatic nitrogens is 2. The summed E-state index contributed by atoms with van der Waals surface area (Å²) in [5.74, 6) is -0.616. The number of aryl methyl sites for hydroxylation is 2. The van der Waals surface area contributed by atoms with Crippen molar-refractivity contribution in [3.05, 3.63) is 53.5 Å². The number of nitrogens with zero attached hydrogens (tertiary/aromatic N) is 2. The predicted molar refractivity (Wildman–Crippen MR) is 74.0 cm³/mol. The first-order valence-corrected chi connectivity index (χ1v) is 6.39. The zero-order chi connectivity index (χ0) is 14.4. The minimum atomic E-state index is -0.975. The smallest absolute Gasteiger partial charge is 0.335 e. The molecule has 0 saturated heterocycles. The fourth-order valence-electron chi connectivity index (χ4n) is 1.84. The summed E-state index contributed by atoms with van der Waals surface area (Å²) in [7, 11) is 0. The molecule has 0 aliphatic carbocycles. The van der Waals surface area contributed by atoms with Gasteiger partial charge in [0, 0.05) is 24.2 Å². The van der Waals surface area contributed by atoms with E-state index in [1.54, 1.807) is 19.3 Å². The van der Waals surface area contributed by atoms with Crippen molar-refractivity contribution in [3.8, 4) is 5.88 Å². The van der Waals surface area contributed by atoms with Crippen LogP contribution < -0.4 is 4.74 Å². The summed E-state index contributed by atoms with van der Waals surface area (Å²) >= 11 is 0. The Bertz CT molecular complexity index is 585. The fourth-order valence-corrected chi connectivity index (χ4v) is 1.84. The number of ether oxygens (including phenoxy) is 1. The Morgan fingerprint density at radius 3 is 2.75 bits per heavy atom. The van der Waals surface area contributed by atoms with Gasteiger partial charge in [0.15, 0.2) is 0 Å². The Kier molecular flexibility index (Phi) is 4.65. The molecule has 104 valence electrons. The zero-order valence-corrected chi connectivity index (χ0v) is 11.2. The summed E-state index contributed by atoms with van der Waals surface area (Å²) in [6, 6.07) is 6.90. The lowest BCUT2D eigenvalue weighted by atomic mass is 10.1. The minimum Gasteiger partial charge on any atom is -0.478 e. The van der Waals surface area contributed by atoms with Gasteiger partial charge in [-0.05, 0) is 43.5 Å². The lowest BCUT2D eigenvalue weighted by Gasteiger charge is -2.07. The Morgan fingerprint density at radius 2 is 2.05 bits per heavy atom. The summed E-state index contributed by atoms with van der Waals surface area (Å²) in [5.41, 5.74) is 2.03. The van der Waals surface area contributed by atoms with E-state index in [0.29, 0.717) is 18.2 Å². The molecule has 0 radical (unpaired) electrons. The Balaban J connectivity index is 1.86. The van der Waals surface area contributed by atoms with Crippen molar-refractivity contribution >= 4 is 5.97 Å². The molecule has 0 fully saturated rings. The van der Waals surface area contributed by atoms with Gasteiger partial charge < -0.3 is 9.84 Å². The molecule has 0 aromatic carbocycles. The fraction of sp³-hybridized carbons (Fsp3) is 0.267. The molecule has 1 N–H and O–H groups in total. The highest BCUT2D eigenvalue weighted by Gasteiger charge is 2.07. The standard InChI is InChI=1S/C15H16N2O3/c1-11-9-13(15(18)19)10-14(17-11)20-8-2-3-12-4-6-16-7-5-12/h4-7,9-10H,2-3,8H2,1H3,(H,18,19). The van der Waals surface area contributed by atoms with Crippen LogP contribution in [0.2, 0.25) is 0 Å². The van der Waals surface area contributed by atoms with Gasteiger partial charge in [-0.15, -0.1) is 0 Å². The van der Waals surface area contributed by atoms with Gasteiger partial charge >= 0.3 is 5.97 Å². The van der Waals surface area contributed by atoms with Crippen molar-refractivity contribution in [1.29, 1.82) is 0 Å². The number of rotatable bonds is 6. The summed E-state index contributed by atoms with van der Waals surface area (Å²) in [4.78, 5) is 19.1. The second-order valence-corrected chi connectivity index (χ2v) is 4.45. The molecule has 0 bridgehead atoms. The monoisotopic (exact) mass is 272 g/mol. The Labute approximate surface area is 117 Å². The molecule has 5 heteroatoms. The van der Waals surface area contributed by atoms with Crippen LogP contribution in [-0.2, 0) is 6.42 Å². The summed E-state index contributed by atoms with van der Waals surface area (Å²) in [5, 5.41) is 8.96. The first-order valence-electron chi connectivity index (χ1n) is 6.39. The Hall–Kier alpha value is -2.43. The molecule has 0 atom stereocenters. The minimum absolute atomic E-state index is 0.196. The molecule has 5 nitrogen and oxygen atoms in total. The highest BCUT2D eigenvalue weighted by molar-refractivity contribution is 5.87. The lowest BCUT2D eigenvalue weighted by molar-refractivity contribution is 0.0696. The Morgan fingerprint density at radius 1 is 1.30 bits per heavy atom. The largest absolute Gasteiger partial charge is 0.478 e. The second kappa shape index (κ2) is 6.65. The van der Waals surface area contributed by atoms with Crippen LogP contribution in [0.3, 0.4) is 0 Å². The van der Waals surface area contributed by atoms with Crippen LogP contribution in [0, 0.1) is 6.92 Å². The molecule has 0 spiro atoms. The van der Waals surface area contributed by atoms with Crippen molar-refractivity contribution in [1.82, 2.24) is 9.97 Å². The van der Waals surface area contributed by atoms with Gasteiger partial charge in [0.05, 0.1) is 12.2 Å². The van der Waals surface area contributed by atoms with Gasteiger partial charge in [0.2, 0.25) is 5.88 Å². The van der Waals surface area contributed by atoms with Gasteiger partial charge in [-0.3, -0.25) is 4.98 Å². The van der Waals surface area contributed by atoms with E-state index in [1.165, 1.54) is 17.7 Å². The topological polar surface area (TPSA) is 72.3 Å². The van der Waals surface area contributed by atoms with Crippen LogP contribution in [0.25, 0.3) is 0 Å². The third kappa shape index (κ3) is 4.05. The van der Waals surface area contributed by atoms with E-state index in [1.807, 2.05) is 12.1 Å². The summed E-state index contributed by atoms with van der Waals surface area (Å²) < 4.78 is 5.51. The van der Waals surface area contributed by atoms with Crippen LogP contribution in [0.5, 0.6) is 5.88 Å². The number of hydrogen-bond donors (Lipinski definition) is 1. The molecule has 20 heavy (non-hydrogen) atoms. The molecular formula is C15H16N2O3. The number of hydrogen-bond acceptors (Lipinski definition) is 4. The quantitative estimate of drug-likeness (QED) is 0.818. The van der Waals surface area contributed by atoms with Crippen LogP contribution >= 0.6 is 0 Å². The van der Waals surface area contributed by atoms with E-state index < -0.39 is 5.97 Å². The number of carboxylic acids is 1. The molecule has 0 unspecified atom stereocenters. The first-order chi connectivity index (χ1) is 9.65. The van der Waals surface area contributed by atoms with E-state index in [9.17, 15) is 4.79 Å². The number of carboxylic acid groups (broad SMARTS) is 1. The van der Waals surface area contributed by atoms with Crippen LogP contribution in [-0.4, -0.2) is 27.7 Å². The molecule has 2 rings (SSSR count). The molecule has 2 heterocycles. The second-order valence-electron chi connectivity index (χ2n) is 4.45. The van der Waals surface area contributed by atoms with Gasteiger partial charge in [-0.25, -0.2) is 9.78 Å². The average Bonchev–Trinajstić information content (AvgIpc) is 2.44. The number of aromatic carboxylic acids is 1. The third-order valence-electron chi connectivity index (χ3n) is 2.79. The SMILES string of the molecule is Cc1cc(C(=O)O)cc(OCCCc2ccncc2)n1. The molecule has 0 aliphatic rings. The van der Waals surface area contributed by atoms with E-state index in [2.05, 4.69) is 9.97 Å². The van der Waals surface area contributed by atoms with Crippen molar-refractivity contribution in [2.45, 2.75) is 19.8 Å². The molecule has 0 amide bonds. The van der Waals surface area contributed by atoms with Gasteiger partial charge in [-0.2, -0.15) is 0 Å². The van der Waals surface area contributed by atoms with E-state index in [-0.39, 0.29) is 5.56 Å². The molecule has 0 saturated carbocycles. The van der Waals surface area contributed by atoms with Gasteiger partial charge in [-0.1, -0.05) is 0 Å². The molecule has 0 aliphatic heterocycles. The third-order valence-corrected chi connectivity index (χ3v) is 2.79. The maximum absolute atomic E-state index is 10.9. The van der Waals surface area contributed by atoms with Gasteiger partial charge in [0.25, 0.3) is 0 Å². The number of carbonyl (C=O) groups is 1. The highest BCUT2D eigenvalue weighted by atomic mass is 16.5. The molecule has 2 aromatic heterocycles. The number of pyridine rings is 2. The van der Waals surface area contributed by atoms with E-state index in [0.717, 1.165) is 12.8 Å². The average molecular weight is 272 g/mol. The zero-order valence-electron chi connectivity index (χ0n) is 11.2. The van der Waals surface area contributed by atoms with Crippen LogP contribution in [0.15, 0.2) is 36.7 Å². The first kappa shape index (κ1) is 14.0. The highest BCUT2D eigenvalue weighted by Crippen LogP contribution is 2.13. The van der Waals surface area contributed by atoms with E-state index >= 15 is 0 Å². The lowest BCUT2D eigenvalue weighted by Crippen LogP contribution is -2.04.